The van der Waals surface area contributed by atoms with Crippen molar-refractivity contribution in [2.45, 2.75) is 6.92 Å². The average Bonchev–Trinajstić information content (AvgIpc) is 2.80. The molecule has 170 valence electrons. The molecule has 0 bridgehead atoms. The first-order valence-corrected chi connectivity index (χ1v) is 10.6. The van der Waals surface area contributed by atoms with Crippen molar-refractivity contribution >= 4 is 46.9 Å². The molecule has 0 spiro atoms. The van der Waals surface area contributed by atoms with Gasteiger partial charge < -0.3 is 14.8 Å². The summed E-state index contributed by atoms with van der Waals surface area (Å²) in [5, 5.41) is 7.25. The maximum atomic E-state index is 12.2. The van der Waals surface area contributed by atoms with Crippen LogP contribution in [0, 0.1) is 6.92 Å². The van der Waals surface area contributed by atoms with E-state index in [1.807, 2.05) is 19.1 Å². The molecule has 0 atom stereocenters. The molecule has 3 aromatic rings. The first kappa shape index (κ1) is 24.1. The number of amides is 2. The summed E-state index contributed by atoms with van der Waals surface area (Å²) in [6, 6.07) is 17.2. The third kappa shape index (κ3) is 6.71. The summed E-state index contributed by atoms with van der Waals surface area (Å²) in [7, 11) is 1.45. The van der Waals surface area contributed by atoms with Gasteiger partial charge in [-0.15, -0.1) is 0 Å². The molecule has 0 aliphatic carbocycles. The van der Waals surface area contributed by atoms with Crippen LogP contribution in [-0.4, -0.2) is 31.7 Å². The quantitative estimate of drug-likeness (QED) is 0.343. The zero-order chi connectivity index (χ0) is 23.8. The van der Waals surface area contributed by atoms with Gasteiger partial charge in [-0.3, -0.25) is 9.59 Å². The minimum Gasteiger partial charge on any atom is -0.493 e. The van der Waals surface area contributed by atoms with Gasteiger partial charge in [-0.25, -0.2) is 5.43 Å². The minimum absolute atomic E-state index is 0.203. The largest absolute Gasteiger partial charge is 0.493 e. The lowest BCUT2D eigenvalue weighted by atomic mass is 10.1. The number of methoxy groups -OCH3 is 1. The van der Waals surface area contributed by atoms with Gasteiger partial charge in [-0.2, -0.15) is 5.10 Å². The molecule has 0 aromatic heterocycles. The van der Waals surface area contributed by atoms with E-state index < -0.39 is 5.91 Å². The Morgan fingerprint density at radius 2 is 1.76 bits per heavy atom. The predicted molar refractivity (Wildman–Crippen MR) is 130 cm³/mol. The Morgan fingerprint density at radius 3 is 2.45 bits per heavy atom. The van der Waals surface area contributed by atoms with E-state index in [0.717, 1.165) is 5.56 Å². The molecular weight excluding hydrogens is 465 g/mol. The fourth-order valence-electron chi connectivity index (χ4n) is 2.78. The topological polar surface area (TPSA) is 89.0 Å². The molecule has 0 unspecified atom stereocenters. The van der Waals surface area contributed by atoms with Crippen molar-refractivity contribution in [3.05, 3.63) is 87.4 Å². The van der Waals surface area contributed by atoms with Crippen LogP contribution in [0.1, 0.15) is 21.5 Å². The number of anilines is 1. The van der Waals surface area contributed by atoms with Crippen molar-refractivity contribution < 1.29 is 19.1 Å². The van der Waals surface area contributed by atoms with Gasteiger partial charge in [0.15, 0.2) is 18.1 Å². The fourth-order valence-corrected chi connectivity index (χ4v) is 3.23. The summed E-state index contributed by atoms with van der Waals surface area (Å²) in [5.41, 5.74) is 5.05. The number of hydrazone groups is 1. The number of nitrogens with one attached hydrogen (secondary N) is 2. The van der Waals surface area contributed by atoms with E-state index >= 15 is 0 Å². The lowest BCUT2D eigenvalue weighted by Gasteiger charge is -2.13. The van der Waals surface area contributed by atoms with E-state index in [9.17, 15) is 9.59 Å². The first-order valence-electron chi connectivity index (χ1n) is 9.82. The van der Waals surface area contributed by atoms with Gasteiger partial charge in [0, 0.05) is 5.56 Å². The summed E-state index contributed by atoms with van der Waals surface area (Å²) in [5.74, 6) is -0.242. The summed E-state index contributed by atoms with van der Waals surface area (Å²) in [6.07, 6.45) is 1.42. The van der Waals surface area contributed by atoms with Gasteiger partial charge in [0.05, 0.1) is 29.1 Å². The summed E-state index contributed by atoms with van der Waals surface area (Å²) in [6.45, 7) is 1.64. The number of ether oxygens (including phenoxy) is 2. The lowest BCUT2D eigenvalue weighted by Crippen LogP contribution is -2.20. The third-order valence-corrected chi connectivity index (χ3v) is 5.05. The smallest absolute Gasteiger partial charge is 0.271 e. The van der Waals surface area contributed by atoms with Crippen LogP contribution in [0.2, 0.25) is 10.0 Å². The number of hydrogen-bond donors (Lipinski definition) is 2. The second-order valence-electron chi connectivity index (χ2n) is 6.92. The number of nitrogens with zero attached hydrogens (tertiary/aromatic N) is 1. The number of hydrogen-bond acceptors (Lipinski definition) is 5. The van der Waals surface area contributed by atoms with E-state index in [4.69, 9.17) is 32.7 Å². The maximum Gasteiger partial charge on any atom is 0.271 e. The molecule has 0 aliphatic rings. The Morgan fingerprint density at radius 1 is 1.03 bits per heavy atom. The second-order valence-corrected chi connectivity index (χ2v) is 7.73. The molecule has 33 heavy (non-hydrogen) atoms. The van der Waals surface area contributed by atoms with Crippen LogP contribution >= 0.6 is 23.2 Å². The Balaban J connectivity index is 1.63. The van der Waals surface area contributed by atoms with Crippen LogP contribution in [0.3, 0.4) is 0 Å². The number of halogens is 2. The van der Waals surface area contributed by atoms with Crippen LogP contribution in [0.4, 0.5) is 5.69 Å². The number of rotatable bonds is 8. The van der Waals surface area contributed by atoms with E-state index in [0.29, 0.717) is 27.6 Å². The van der Waals surface area contributed by atoms with Gasteiger partial charge in [0.2, 0.25) is 0 Å². The summed E-state index contributed by atoms with van der Waals surface area (Å²) in [4.78, 5) is 24.4. The van der Waals surface area contributed by atoms with Gasteiger partial charge in [-0.1, -0.05) is 53.0 Å². The van der Waals surface area contributed by atoms with Gasteiger partial charge in [0.1, 0.15) is 0 Å². The molecule has 0 saturated carbocycles. The number of carbonyl (C=O) groups excluding carboxylic acids is 2. The Bertz CT molecular complexity index is 1180. The summed E-state index contributed by atoms with van der Waals surface area (Å²) < 4.78 is 10.9. The standard InChI is InChI=1S/C24H21Cl2N3O4/c1-15-7-9-17(10-8-15)24(31)29-27-13-16-11-19(26)23(21(12-16)32-2)33-14-22(30)28-20-6-4-3-5-18(20)25/h3-13H,14H2,1-2H3,(H,28,30)(H,29,31)/b27-13+. The average molecular weight is 486 g/mol. The molecule has 0 heterocycles. The zero-order valence-electron chi connectivity index (χ0n) is 17.9. The molecule has 0 radical (unpaired) electrons. The molecule has 0 aliphatic heterocycles. The van der Waals surface area contributed by atoms with E-state index in [1.54, 1.807) is 48.5 Å². The molecule has 3 aromatic carbocycles. The highest BCUT2D eigenvalue weighted by molar-refractivity contribution is 6.33. The van der Waals surface area contributed by atoms with Crippen LogP contribution in [0.5, 0.6) is 11.5 Å². The van der Waals surface area contributed by atoms with Crippen molar-refractivity contribution in [3.63, 3.8) is 0 Å². The zero-order valence-corrected chi connectivity index (χ0v) is 19.4. The molecule has 0 fully saturated rings. The van der Waals surface area contributed by atoms with E-state index in [2.05, 4.69) is 15.8 Å². The van der Waals surface area contributed by atoms with Crippen molar-refractivity contribution in [2.24, 2.45) is 5.10 Å². The fraction of sp³-hybridized carbons (Fsp3) is 0.125. The van der Waals surface area contributed by atoms with E-state index in [-0.39, 0.29) is 23.3 Å². The highest BCUT2D eigenvalue weighted by Gasteiger charge is 2.14. The highest BCUT2D eigenvalue weighted by Crippen LogP contribution is 2.36. The number of para-hydroxylation sites is 1. The van der Waals surface area contributed by atoms with Gasteiger partial charge in [0.25, 0.3) is 11.8 Å². The maximum absolute atomic E-state index is 12.2. The predicted octanol–water partition coefficient (Wildman–Crippen LogP) is 5.09. The molecule has 9 heteroatoms. The lowest BCUT2D eigenvalue weighted by molar-refractivity contribution is -0.118. The normalized spacial score (nSPS) is 10.7. The van der Waals surface area contributed by atoms with Crippen molar-refractivity contribution in [3.8, 4) is 11.5 Å². The van der Waals surface area contributed by atoms with Crippen LogP contribution in [-0.2, 0) is 4.79 Å². The number of aryl methyl sites for hydroxylation is 1. The second kappa shape index (κ2) is 11.4. The third-order valence-electron chi connectivity index (χ3n) is 4.44. The Labute approximate surface area is 201 Å². The van der Waals surface area contributed by atoms with Gasteiger partial charge >= 0.3 is 0 Å². The Hall–Kier alpha value is -3.55. The number of benzene rings is 3. The highest BCUT2D eigenvalue weighted by atomic mass is 35.5. The number of carbonyl (C=O) groups is 2. The molecule has 2 amide bonds. The van der Waals surface area contributed by atoms with Crippen molar-refractivity contribution in [2.75, 3.05) is 19.0 Å². The van der Waals surface area contributed by atoms with Crippen LogP contribution < -0.4 is 20.2 Å². The monoisotopic (exact) mass is 485 g/mol. The van der Waals surface area contributed by atoms with Gasteiger partial charge in [-0.05, 0) is 48.9 Å². The minimum atomic E-state index is -0.411. The summed E-state index contributed by atoms with van der Waals surface area (Å²) >= 11 is 12.4. The van der Waals surface area contributed by atoms with Crippen molar-refractivity contribution in [1.29, 1.82) is 0 Å². The first-order chi connectivity index (χ1) is 15.9. The Kier molecular flexibility index (Phi) is 8.29. The van der Waals surface area contributed by atoms with Crippen LogP contribution in [0.25, 0.3) is 0 Å². The molecule has 2 N–H and O–H groups in total. The molecule has 0 saturated heterocycles. The van der Waals surface area contributed by atoms with E-state index in [1.165, 1.54) is 13.3 Å². The van der Waals surface area contributed by atoms with Crippen LogP contribution in [0.15, 0.2) is 65.8 Å². The molecular formula is C24H21Cl2N3O4. The SMILES string of the molecule is COc1cc(/C=N/NC(=O)c2ccc(C)cc2)cc(Cl)c1OCC(=O)Nc1ccccc1Cl. The van der Waals surface area contributed by atoms with Crippen molar-refractivity contribution in [1.82, 2.24) is 5.43 Å². The molecule has 3 rings (SSSR count). The molecule has 7 nitrogen and oxygen atoms in total.